The minimum Gasteiger partial charge on any atom is -0.356 e. The summed E-state index contributed by atoms with van der Waals surface area (Å²) in [5.74, 6) is 1.50. The molecule has 0 unspecified atom stereocenters. The minimum atomic E-state index is -3.12. The van der Waals surface area contributed by atoms with Gasteiger partial charge >= 0.3 is 0 Å². The number of halogens is 1. The third kappa shape index (κ3) is 10.3. The van der Waals surface area contributed by atoms with Gasteiger partial charge < -0.3 is 10.6 Å². The molecule has 1 aromatic rings. The van der Waals surface area contributed by atoms with Crippen molar-refractivity contribution >= 4 is 27.7 Å². The lowest BCUT2D eigenvalue weighted by atomic mass is 10.4. The van der Waals surface area contributed by atoms with Crippen molar-refractivity contribution in [2.45, 2.75) is 24.7 Å². The normalized spacial score (nSPS) is 12.2. The minimum absolute atomic E-state index is 0.0968. The van der Waals surface area contributed by atoms with Gasteiger partial charge in [-0.3, -0.25) is 4.99 Å². The first-order valence-corrected chi connectivity index (χ1v) is 10.9. The van der Waals surface area contributed by atoms with Gasteiger partial charge in [-0.15, -0.1) is 11.8 Å². The van der Waals surface area contributed by atoms with Gasteiger partial charge in [-0.2, -0.15) is 0 Å². The number of thioether (sulfide) groups is 1. The molecule has 0 fully saturated rings. The molecule has 0 spiro atoms. The Bertz CT molecular complexity index is 622. The van der Waals surface area contributed by atoms with Crippen molar-refractivity contribution in [3.8, 4) is 0 Å². The lowest BCUT2D eigenvalue weighted by Gasteiger charge is -2.12. The zero-order valence-corrected chi connectivity index (χ0v) is 16.4. The van der Waals surface area contributed by atoms with E-state index < -0.39 is 10.0 Å². The monoisotopic (exact) mass is 390 g/mol. The number of aliphatic imine (C=N–C) groups is 1. The first kappa shape index (κ1) is 21.7. The Hall–Kier alpha value is -1.32. The molecule has 6 nitrogen and oxygen atoms in total. The number of nitrogens with one attached hydrogen (secondary N) is 3. The van der Waals surface area contributed by atoms with Gasteiger partial charge in [-0.25, -0.2) is 17.5 Å². The van der Waals surface area contributed by atoms with Gasteiger partial charge in [-0.05, 0) is 49.8 Å². The molecule has 0 aliphatic rings. The average molecular weight is 391 g/mol. The molecule has 0 amide bonds. The molecule has 3 N–H and O–H groups in total. The topological polar surface area (TPSA) is 82.6 Å². The zero-order chi connectivity index (χ0) is 18.5. The fraction of sp³-hybridized carbons (Fsp3) is 0.562. The van der Waals surface area contributed by atoms with Gasteiger partial charge in [0, 0.05) is 31.6 Å². The number of hydrogen-bond acceptors (Lipinski definition) is 4. The zero-order valence-electron chi connectivity index (χ0n) is 14.7. The van der Waals surface area contributed by atoms with Crippen LogP contribution < -0.4 is 15.4 Å². The molecular weight excluding hydrogens is 363 g/mol. The Kier molecular flexibility index (Phi) is 10.5. The summed E-state index contributed by atoms with van der Waals surface area (Å²) >= 11 is 1.69. The molecule has 0 saturated heterocycles. The van der Waals surface area contributed by atoms with Gasteiger partial charge in [0.2, 0.25) is 10.0 Å². The first-order valence-electron chi connectivity index (χ1n) is 8.27. The highest BCUT2D eigenvalue weighted by Crippen LogP contribution is 2.18. The molecule has 0 aliphatic carbocycles. The summed E-state index contributed by atoms with van der Waals surface area (Å²) in [7, 11) is -1.42. The second-order valence-electron chi connectivity index (χ2n) is 5.23. The molecular formula is C16H27FN4O2S2. The smallest absolute Gasteiger partial charge is 0.211 e. The van der Waals surface area contributed by atoms with E-state index in [0.29, 0.717) is 25.5 Å². The second-order valence-corrected chi connectivity index (χ2v) is 8.50. The van der Waals surface area contributed by atoms with Crippen molar-refractivity contribution in [3.05, 3.63) is 30.1 Å². The lowest BCUT2D eigenvalue weighted by molar-refractivity contribution is 0.579. The van der Waals surface area contributed by atoms with Crippen molar-refractivity contribution in [3.63, 3.8) is 0 Å². The summed E-state index contributed by atoms with van der Waals surface area (Å²) in [6.07, 6.45) is 1.62. The standard InChI is InChI=1S/C16H27FN4O2S2/c1-3-25(22,23)21-12-4-10-19-16(18-2)20-11-5-13-24-15-8-6-14(17)7-9-15/h6-9,21H,3-5,10-13H2,1-2H3,(H2,18,19,20). The highest BCUT2D eigenvalue weighted by Gasteiger charge is 2.04. The number of rotatable bonds is 11. The maximum Gasteiger partial charge on any atom is 0.211 e. The van der Waals surface area contributed by atoms with Crippen molar-refractivity contribution in [2.24, 2.45) is 4.99 Å². The number of guanidine groups is 1. The molecule has 9 heteroatoms. The van der Waals surface area contributed by atoms with Crippen molar-refractivity contribution in [1.82, 2.24) is 15.4 Å². The number of benzene rings is 1. The highest BCUT2D eigenvalue weighted by molar-refractivity contribution is 7.99. The SMILES string of the molecule is CCS(=O)(=O)NCCCNC(=NC)NCCCSc1ccc(F)cc1. The Morgan fingerprint density at radius 3 is 2.36 bits per heavy atom. The van der Waals surface area contributed by atoms with E-state index in [-0.39, 0.29) is 11.6 Å². The van der Waals surface area contributed by atoms with Crippen molar-refractivity contribution in [1.29, 1.82) is 0 Å². The van der Waals surface area contributed by atoms with Crippen LogP contribution in [0.2, 0.25) is 0 Å². The van der Waals surface area contributed by atoms with Crippen LogP contribution in [0.1, 0.15) is 19.8 Å². The van der Waals surface area contributed by atoms with Crippen molar-refractivity contribution in [2.75, 3.05) is 38.2 Å². The van der Waals surface area contributed by atoms with E-state index in [4.69, 9.17) is 0 Å². The third-order valence-electron chi connectivity index (χ3n) is 3.27. The molecule has 0 radical (unpaired) electrons. The quantitative estimate of drug-likeness (QED) is 0.232. The highest BCUT2D eigenvalue weighted by atomic mass is 32.2. The predicted octanol–water partition coefficient (Wildman–Crippen LogP) is 1.80. The molecule has 1 aromatic carbocycles. The maximum absolute atomic E-state index is 12.8. The van der Waals surface area contributed by atoms with Crippen LogP contribution in [0.15, 0.2) is 34.2 Å². The summed E-state index contributed by atoms with van der Waals surface area (Å²) in [5, 5.41) is 6.35. The van der Waals surface area contributed by atoms with Crippen LogP contribution in [0.25, 0.3) is 0 Å². The molecule has 0 aliphatic heterocycles. The van der Waals surface area contributed by atoms with Gasteiger partial charge in [0.05, 0.1) is 5.75 Å². The van der Waals surface area contributed by atoms with Crippen LogP contribution in [0.3, 0.4) is 0 Å². The number of nitrogens with zero attached hydrogens (tertiary/aromatic N) is 1. The molecule has 0 saturated carbocycles. The Labute approximate surface area is 154 Å². The lowest BCUT2D eigenvalue weighted by Crippen LogP contribution is -2.39. The Balaban J connectivity index is 2.09. The van der Waals surface area contributed by atoms with Gasteiger partial charge in [0.25, 0.3) is 0 Å². The predicted molar refractivity (Wildman–Crippen MR) is 103 cm³/mol. The summed E-state index contributed by atoms with van der Waals surface area (Å²) in [4.78, 5) is 5.18. The summed E-state index contributed by atoms with van der Waals surface area (Å²) in [6, 6.07) is 6.49. The van der Waals surface area contributed by atoms with Crippen LogP contribution in [0, 0.1) is 5.82 Å². The van der Waals surface area contributed by atoms with E-state index in [2.05, 4.69) is 20.3 Å². The van der Waals surface area contributed by atoms with Crippen LogP contribution >= 0.6 is 11.8 Å². The van der Waals surface area contributed by atoms with E-state index in [0.717, 1.165) is 23.6 Å². The van der Waals surface area contributed by atoms with Crippen molar-refractivity contribution < 1.29 is 12.8 Å². The van der Waals surface area contributed by atoms with E-state index in [1.54, 1.807) is 37.9 Å². The Morgan fingerprint density at radius 1 is 1.12 bits per heavy atom. The fourth-order valence-electron chi connectivity index (χ4n) is 1.85. The first-order chi connectivity index (χ1) is 12.0. The van der Waals surface area contributed by atoms with E-state index in [9.17, 15) is 12.8 Å². The fourth-order valence-corrected chi connectivity index (χ4v) is 3.36. The number of hydrogen-bond donors (Lipinski definition) is 3. The summed E-state index contributed by atoms with van der Waals surface area (Å²) in [5.41, 5.74) is 0. The Morgan fingerprint density at radius 2 is 1.76 bits per heavy atom. The van der Waals surface area contributed by atoms with Crippen LogP contribution in [-0.2, 0) is 10.0 Å². The van der Waals surface area contributed by atoms with Crippen LogP contribution in [-0.4, -0.2) is 52.6 Å². The average Bonchev–Trinajstić information content (AvgIpc) is 2.61. The molecule has 0 atom stereocenters. The van der Waals surface area contributed by atoms with Crippen LogP contribution in [0.4, 0.5) is 4.39 Å². The molecule has 0 bridgehead atoms. The molecule has 0 heterocycles. The van der Waals surface area contributed by atoms with E-state index in [1.807, 2.05) is 0 Å². The van der Waals surface area contributed by atoms with Gasteiger partial charge in [0.15, 0.2) is 5.96 Å². The maximum atomic E-state index is 12.8. The van der Waals surface area contributed by atoms with Crippen LogP contribution in [0.5, 0.6) is 0 Å². The molecule has 25 heavy (non-hydrogen) atoms. The van der Waals surface area contributed by atoms with E-state index in [1.165, 1.54) is 12.1 Å². The molecule has 1 rings (SSSR count). The number of sulfonamides is 1. The van der Waals surface area contributed by atoms with Gasteiger partial charge in [-0.1, -0.05) is 0 Å². The summed E-state index contributed by atoms with van der Waals surface area (Å²) in [6.45, 7) is 3.43. The molecule has 142 valence electrons. The third-order valence-corrected chi connectivity index (χ3v) is 5.77. The summed E-state index contributed by atoms with van der Waals surface area (Å²) < 4.78 is 37.9. The van der Waals surface area contributed by atoms with Gasteiger partial charge in [0.1, 0.15) is 5.82 Å². The molecule has 0 aromatic heterocycles. The largest absolute Gasteiger partial charge is 0.356 e. The van der Waals surface area contributed by atoms with E-state index >= 15 is 0 Å². The second kappa shape index (κ2) is 12.1.